The predicted molar refractivity (Wildman–Crippen MR) is 85.6 cm³/mol. The van der Waals surface area contributed by atoms with Crippen molar-refractivity contribution in [3.63, 3.8) is 0 Å². The van der Waals surface area contributed by atoms with Crippen LogP contribution in [-0.4, -0.2) is 46.4 Å². The maximum absolute atomic E-state index is 12.2. The van der Waals surface area contributed by atoms with Crippen molar-refractivity contribution < 1.29 is 16.8 Å². The van der Waals surface area contributed by atoms with Crippen molar-refractivity contribution in [3.8, 4) is 0 Å². The number of sulfonamides is 1. The number of sulfone groups is 1. The molecule has 0 aliphatic carbocycles. The highest BCUT2D eigenvalue weighted by Crippen LogP contribution is 2.22. The molecule has 0 fully saturated rings. The molecule has 0 atom stereocenters. The van der Waals surface area contributed by atoms with Crippen LogP contribution < -0.4 is 10.0 Å². The van der Waals surface area contributed by atoms with Gasteiger partial charge < -0.3 is 5.32 Å². The van der Waals surface area contributed by atoms with Crippen molar-refractivity contribution in [2.24, 2.45) is 0 Å². The van der Waals surface area contributed by atoms with Crippen LogP contribution in [0.5, 0.6) is 0 Å². The van der Waals surface area contributed by atoms with E-state index in [2.05, 4.69) is 31.0 Å². The third kappa shape index (κ3) is 5.53. The number of pyridine rings is 1. The smallest absolute Gasteiger partial charge is 0.244 e. The van der Waals surface area contributed by atoms with Gasteiger partial charge in [0.2, 0.25) is 10.0 Å². The van der Waals surface area contributed by atoms with Gasteiger partial charge in [-0.1, -0.05) is 6.92 Å². The minimum absolute atomic E-state index is 0.0180. The predicted octanol–water partition coefficient (Wildman–Crippen LogP) is 0.989. The second-order valence-corrected chi connectivity index (χ2v) is 9.29. The molecule has 0 saturated carbocycles. The van der Waals surface area contributed by atoms with Crippen LogP contribution in [-0.2, 0) is 19.9 Å². The zero-order valence-electron chi connectivity index (χ0n) is 11.8. The number of halogens is 1. The van der Waals surface area contributed by atoms with Crippen LogP contribution in [0, 0.1) is 0 Å². The summed E-state index contributed by atoms with van der Waals surface area (Å²) in [4.78, 5) is 3.99. The fourth-order valence-electron chi connectivity index (χ4n) is 1.48. The minimum Gasteiger partial charge on any atom is -0.369 e. The summed E-state index contributed by atoms with van der Waals surface area (Å²) in [6.07, 6.45) is 1.48. The van der Waals surface area contributed by atoms with E-state index in [0.717, 1.165) is 0 Å². The van der Waals surface area contributed by atoms with Crippen LogP contribution in [0.3, 0.4) is 0 Å². The first-order valence-corrected chi connectivity index (χ1v) is 10.4. The van der Waals surface area contributed by atoms with Gasteiger partial charge in [-0.3, -0.25) is 0 Å². The third-order valence-corrected chi connectivity index (χ3v) is 6.21. The van der Waals surface area contributed by atoms with Crippen LogP contribution in [0.25, 0.3) is 0 Å². The lowest BCUT2D eigenvalue weighted by molar-refractivity contribution is 0.581. The number of nitrogens with one attached hydrogen (secondary N) is 2. The normalized spacial score (nSPS) is 12.3. The van der Waals surface area contributed by atoms with Gasteiger partial charge >= 0.3 is 0 Å². The highest BCUT2D eigenvalue weighted by Gasteiger charge is 2.20. The zero-order valence-corrected chi connectivity index (χ0v) is 15.0. The van der Waals surface area contributed by atoms with Crippen LogP contribution in [0.2, 0.25) is 0 Å². The Bertz CT molecular complexity index is 689. The monoisotopic (exact) mass is 399 g/mol. The van der Waals surface area contributed by atoms with E-state index in [1.807, 2.05) is 6.92 Å². The summed E-state index contributed by atoms with van der Waals surface area (Å²) in [5.74, 6) is -0.0252. The molecule has 1 heterocycles. The minimum atomic E-state index is -3.84. The molecule has 120 valence electrons. The van der Waals surface area contributed by atoms with Gasteiger partial charge in [0, 0.05) is 29.5 Å². The Kier molecular flexibility index (Phi) is 6.57. The zero-order chi connectivity index (χ0) is 16.1. The van der Waals surface area contributed by atoms with E-state index in [-0.39, 0.29) is 28.8 Å². The molecule has 1 aromatic heterocycles. The number of anilines is 1. The number of hydrogen-bond donors (Lipinski definition) is 2. The standard InChI is InChI=1S/C11H18BrN3O4S2/c1-3-13-11-10(7-9(12)8-14-11)21(18,19)15-5-6-20(16,17)4-2/h7-8,15H,3-6H2,1-2H3,(H,13,14). The summed E-state index contributed by atoms with van der Waals surface area (Å²) >= 11 is 3.17. The average molecular weight is 400 g/mol. The number of nitrogens with zero attached hydrogens (tertiary/aromatic N) is 1. The van der Waals surface area contributed by atoms with Gasteiger partial charge in [0.15, 0.2) is 9.84 Å². The van der Waals surface area contributed by atoms with Gasteiger partial charge in [-0.2, -0.15) is 0 Å². The van der Waals surface area contributed by atoms with Gasteiger partial charge in [-0.15, -0.1) is 0 Å². The Hall–Kier alpha value is -0.710. The summed E-state index contributed by atoms with van der Waals surface area (Å²) in [5.41, 5.74) is 0. The molecule has 0 aromatic carbocycles. The van der Waals surface area contributed by atoms with Crippen molar-refractivity contribution in [1.29, 1.82) is 0 Å². The molecule has 0 radical (unpaired) electrons. The van der Waals surface area contributed by atoms with Gasteiger partial charge in [0.05, 0.1) is 5.75 Å². The van der Waals surface area contributed by atoms with Crippen molar-refractivity contribution in [2.45, 2.75) is 18.7 Å². The lowest BCUT2D eigenvalue weighted by atomic mass is 10.4. The van der Waals surface area contributed by atoms with E-state index in [9.17, 15) is 16.8 Å². The van der Waals surface area contributed by atoms with Crippen LogP contribution in [0.1, 0.15) is 13.8 Å². The second kappa shape index (κ2) is 7.52. The Morgan fingerprint density at radius 2 is 1.90 bits per heavy atom. The molecule has 0 aliphatic rings. The molecule has 0 bridgehead atoms. The van der Waals surface area contributed by atoms with Crippen molar-refractivity contribution in [1.82, 2.24) is 9.71 Å². The molecule has 2 N–H and O–H groups in total. The van der Waals surface area contributed by atoms with E-state index >= 15 is 0 Å². The van der Waals surface area contributed by atoms with E-state index < -0.39 is 19.9 Å². The summed E-state index contributed by atoms with van der Waals surface area (Å²) in [6.45, 7) is 3.69. The first-order valence-electron chi connectivity index (χ1n) is 6.31. The first-order chi connectivity index (χ1) is 9.72. The molecule has 1 rings (SSSR count). The molecule has 0 amide bonds. The quantitative estimate of drug-likeness (QED) is 0.674. The van der Waals surface area contributed by atoms with E-state index in [1.165, 1.54) is 19.2 Å². The number of rotatable bonds is 8. The molecule has 7 nitrogen and oxygen atoms in total. The summed E-state index contributed by atoms with van der Waals surface area (Å²) in [6, 6.07) is 1.42. The van der Waals surface area contributed by atoms with Gasteiger partial charge in [0.1, 0.15) is 10.7 Å². The topological polar surface area (TPSA) is 105 Å². The third-order valence-electron chi connectivity index (χ3n) is 2.60. The van der Waals surface area contributed by atoms with E-state index in [1.54, 1.807) is 0 Å². The largest absolute Gasteiger partial charge is 0.369 e. The lowest BCUT2D eigenvalue weighted by Gasteiger charge is -2.11. The molecule has 10 heteroatoms. The van der Waals surface area contributed by atoms with Crippen molar-refractivity contribution in [3.05, 3.63) is 16.7 Å². The maximum atomic E-state index is 12.2. The second-order valence-electron chi connectivity index (χ2n) is 4.16. The highest BCUT2D eigenvalue weighted by atomic mass is 79.9. The summed E-state index contributed by atoms with van der Waals surface area (Å²) in [7, 11) is -7.06. The van der Waals surface area contributed by atoms with Crippen LogP contribution >= 0.6 is 15.9 Å². The lowest BCUT2D eigenvalue weighted by Crippen LogP contribution is -2.30. The highest BCUT2D eigenvalue weighted by molar-refractivity contribution is 9.10. The Labute approximate surface area is 133 Å². The Balaban J connectivity index is 2.95. The molecule has 21 heavy (non-hydrogen) atoms. The SMILES string of the molecule is CCNc1ncc(Br)cc1S(=O)(=O)NCCS(=O)(=O)CC. The molecule has 0 unspecified atom stereocenters. The summed E-state index contributed by atoms with van der Waals surface area (Å²) in [5, 5.41) is 2.86. The average Bonchev–Trinajstić information content (AvgIpc) is 2.40. The summed E-state index contributed by atoms with van der Waals surface area (Å²) < 4.78 is 50.1. The number of hydrogen-bond acceptors (Lipinski definition) is 6. The molecule has 0 aliphatic heterocycles. The van der Waals surface area contributed by atoms with E-state index in [4.69, 9.17) is 0 Å². The fraction of sp³-hybridized carbons (Fsp3) is 0.545. The number of aromatic nitrogens is 1. The van der Waals surface area contributed by atoms with Crippen LogP contribution in [0.4, 0.5) is 5.82 Å². The Morgan fingerprint density at radius 3 is 2.48 bits per heavy atom. The van der Waals surface area contributed by atoms with Crippen LogP contribution in [0.15, 0.2) is 21.6 Å². The Morgan fingerprint density at radius 1 is 1.24 bits per heavy atom. The molecule has 1 aromatic rings. The van der Waals surface area contributed by atoms with Crippen molar-refractivity contribution in [2.75, 3.05) is 29.9 Å². The first kappa shape index (κ1) is 18.3. The van der Waals surface area contributed by atoms with Gasteiger partial charge in [-0.25, -0.2) is 26.5 Å². The molecule has 0 saturated heterocycles. The fourth-order valence-corrected chi connectivity index (χ4v) is 3.98. The molecular weight excluding hydrogens is 382 g/mol. The van der Waals surface area contributed by atoms with Gasteiger partial charge in [-0.05, 0) is 28.9 Å². The molecule has 0 spiro atoms. The maximum Gasteiger partial charge on any atom is 0.244 e. The molecular formula is C11H18BrN3O4S2. The van der Waals surface area contributed by atoms with Gasteiger partial charge in [0.25, 0.3) is 0 Å². The van der Waals surface area contributed by atoms with Crippen molar-refractivity contribution >= 4 is 41.6 Å². The van der Waals surface area contributed by atoms with E-state index in [0.29, 0.717) is 11.0 Å².